The molecule has 0 radical (unpaired) electrons. The SMILES string of the molecule is CC[C@@H](O)c1cc2n(n1)CCN(C1Cc3ccccc3C1)C2. The first kappa shape index (κ1) is 14.0. The van der Waals surface area contributed by atoms with E-state index < -0.39 is 6.10 Å². The molecule has 2 heterocycles. The Hall–Kier alpha value is -1.65. The van der Waals surface area contributed by atoms with E-state index in [0.29, 0.717) is 6.04 Å². The monoisotopic (exact) mass is 297 g/mol. The van der Waals surface area contributed by atoms with E-state index in [1.54, 1.807) is 0 Å². The van der Waals surface area contributed by atoms with Crippen LogP contribution in [-0.4, -0.2) is 32.4 Å². The van der Waals surface area contributed by atoms with Crippen LogP contribution < -0.4 is 0 Å². The van der Waals surface area contributed by atoms with Crippen molar-refractivity contribution in [3.05, 3.63) is 52.8 Å². The molecule has 116 valence electrons. The van der Waals surface area contributed by atoms with Crippen LogP contribution in [0.3, 0.4) is 0 Å². The fourth-order valence-electron chi connectivity index (χ4n) is 3.79. The number of aromatic nitrogens is 2. The van der Waals surface area contributed by atoms with Crippen LogP contribution in [0.15, 0.2) is 30.3 Å². The van der Waals surface area contributed by atoms with Crippen molar-refractivity contribution in [3.8, 4) is 0 Å². The molecule has 0 fully saturated rings. The van der Waals surface area contributed by atoms with Crippen LogP contribution in [-0.2, 0) is 25.9 Å². The minimum atomic E-state index is -0.428. The molecule has 22 heavy (non-hydrogen) atoms. The number of rotatable bonds is 3. The zero-order chi connectivity index (χ0) is 15.1. The second-order valence-corrected chi connectivity index (χ2v) is 6.51. The first-order chi connectivity index (χ1) is 10.7. The van der Waals surface area contributed by atoms with Gasteiger partial charge in [-0.25, -0.2) is 0 Å². The van der Waals surface area contributed by atoms with Crippen LogP contribution in [0.25, 0.3) is 0 Å². The van der Waals surface area contributed by atoms with Gasteiger partial charge in [-0.05, 0) is 36.5 Å². The van der Waals surface area contributed by atoms with Crippen LogP contribution in [0.2, 0.25) is 0 Å². The van der Waals surface area contributed by atoms with Gasteiger partial charge in [-0.2, -0.15) is 5.10 Å². The molecule has 4 rings (SSSR count). The van der Waals surface area contributed by atoms with Gasteiger partial charge in [-0.15, -0.1) is 0 Å². The molecule has 2 aliphatic rings. The van der Waals surface area contributed by atoms with Gasteiger partial charge < -0.3 is 5.11 Å². The molecule has 4 nitrogen and oxygen atoms in total. The summed E-state index contributed by atoms with van der Waals surface area (Å²) in [4.78, 5) is 2.58. The third kappa shape index (κ3) is 2.36. The highest BCUT2D eigenvalue weighted by Gasteiger charge is 2.30. The lowest BCUT2D eigenvalue weighted by Crippen LogP contribution is -2.41. The summed E-state index contributed by atoms with van der Waals surface area (Å²) in [5.41, 5.74) is 5.08. The van der Waals surface area contributed by atoms with E-state index in [0.717, 1.165) is 44.6 Å². The highest BCUT2D eigenvalue weighted by Crippen LogP contribution is 2.28. The molecule has 0 spiro atoms. The summed E-state index contributed by atoms with van der Waals surface area (Å²) in [6.45, 7) is 4.92. The topological polar surface area (TPSA) is 41.3 Å². The van der Waals surface area contributed by atoms with Crippen LogP contribution in [0, 0.1) is 0 Å². The maximum atomic E-state index is 9.98. The number of benzene rings is 1. The molecule has 1 aliphatic heterocycles. The van der Waals surface area contributed by atoms with Crippen molar-refractivity contribution in [2.24, 2.45) is 0 Å². The van der Waals surface area contributed by atoms with Gasteiger partial charge in [0.25, 0.3) is 0 Å². The molecule has 1 atom stereocenters. The summed E-state index contributed by atoms with van der Waals surface area (Å²) in [5.74, 6) is 0. The lowest BCUT2D eigenvalue weighted by Gasteiger charge is -2.32. The van der Waals surface area contributed by atoms with Crippen molar-refractivity contribution < 1.29 is 5.11 Å². The largest absolute Gasteiger partial charge is 0.387 e. The van der Waals surface area contributed by atoms with Crippen LogP contribution in [0.5, 0.6) is 0 Å². The zero-order valence-corrected chi connectivity index (χ0v) is 13.1. The van der Waals surface area contributed by atoms with E-state index in [1.165, 1.54) is 16.8 Å². The van der Waals surface area contributed by atoms with E-state index in [-0.39, 0.29) is 0 Å². The summed E-state index contributed by atoms with van der Waals surface area (Å²) < 4.78 is 2.08. The van der Waals surface area contributed by atoms with Crippen molar-refractivity contribution >= 4 is 0 Å². The second-order valence-electron chi connectivity index (χ2n) is 6.51. The number of nitrogens with zero attached hydrogens (tertiary/aromatic N) is 3. The van der Waals surface area contributed by atoms with Crippen molar-refractivity contribution in [2.45, 2.75) is 51.4 Å². The second kappa shape index (κ2) is 5.52. The Morgan fingerprint density at radius 2 is 1.95 bits per heavy atom. The molecule has 0 saturated heterocycles. The minimum Gasteiger partial charge on any atom is -0.387 e. The summed E-state index contributed by atoms with van der Waals surface area (Å²) in [6.07, 6.45) is 2.61. The third-order valence-electron chi connectivity index (χ3n) is 5.12. The average molecular weight is 297 g/mol. The quantitative estimate of drug-likeness (QED) is 0.945. The van der Waals surface area contributed by atoms with Crippen LogP contribution >= 0.6 is 0 Å². The number of aliphatic hydroxyl groups is 1. The fourth-order valence-corrected chi connectivity index (χ4v) is 3.79. The first-order valence-electron chi connectivity index (χ1n) is 8.30. The lowest BCUT2D eigenvalue weighted by atomic mass is 10.1. The zero-order valence-electron chi connectivity index (χ0n) is 13.1. The van der Waals surface area contributed by atoms with Gasteiger partial charge in [0, 0.05) is 19.1 Å². The maximum Gasteiger partial charge on any atom is 0.0975 e. The standard InChI is InChI=1S/C18H23N3O/c1-2-18(22)17-11-16-12-20(7-8-21(16)19-17)15-9-13-5-3-4-6-14(13)10-15/h3-6,11,15,18,22H,2,7-10,12H2,1H3/t18-/m1/s1. The summed E-state index contributed by atoms with van der Waals surface area (Å²) in [5, 5.41) is 14.5. The fraction of sp³-hybridized carbons (Fsp3) is 0.500. The van der Waals surface area contributed by atoms with E-state index in [2.05, 4.69) is 45.0 Å². The number of hydrogen-bond acceptors (Lipinski definition) is 3. The highest BCUT2D eigenvalue weighted by atomic mass is 16.3. The summed E-state index contributed by atoms with van der Waals surface area (Å²) in [6, 6.07) is 11.5. The van der Waals surface area contributed by atoms with Crippen molar-refractivity contribution in [1.29, 1.82) is 0 Å². The van der Waals surface area contributed by atoms with E-state index in [4.69, 9.17) is 0 Å². The molecular formula is C18H23N3O. The molecule has 4 heteroatoms. The third-order valence-corrected chi connectivity index (χ3v) is 5.12. The highest BCUT2D eigenvalue weighted by molar-refractivity contribution is 5.33. The Bertz CT molecular complexity index is 654. The van der Waals surface area contributed by atoms with E-state index >= 15 is 0 Å². The number of fused-ring (bicyclic) bond motifs is 2. The molecular weight excluding hydrogens is 274 g/mol. The van der Waals surface area contributed by atoms with Gasteiger partial charge in [-0.3, -0.25) is 9.58 Å². The minimum absolute atomic E-state index is 0.428. The normalized spacial score (nSPS) is 19.9. The maximum absolute atomic E-state index is 9.98. The van der Waals surface area contributed by atoms with Gasteiger partial charge in [-0.1, -0.05) is 31.2 Å². The molecule has 0 saturated carbocycles. The van der Waals surface area contributed by atoms with Crippen molar-refractivity contribution in [1.82, 2.24) is 14.7 Å². The van der Waals surface area contributed by atoms with E-state index in [9.17, 15) is 5.11 Å². The Morgan fingerprint density at radius 1 is 1.23 bits per heavy atom. The van der Waals surface area contributed by atoms with Crippen molar-refractivity contribution in [3.63, 3.8) is 0 Å². The molecule has 1 aromatic carbocycles. The molecule has 1 aliphatic carbocycles. The van der Waals surface area contributed by atoms with E-state index in [1.807, 2.05) is 6.92 Å². The molecule has 2 aromatic rings. The Kier molecular flexibility index (Phi) is 3.51. The first-order valence-corrected chi connectivity index (χ1v) is 8.30. The smallest absolute Gasteiger partial charge is 0.0975 e. The Labute approximate surface area is 131 Å². The number of aliphatic hydroxyl groups excluding tert-OH is 1. The van der Waals surface area contributed by atoms with Gasteiger partial charge >= 0.3 is 0 Å². The Balaban J connectivity index is 1.50. The molecule has 0 unspecified atom stereocenters. The van der Waals surface area contributed by atoms with Crippen LogP contribution in [0.4, 0.5) is 0 Å². The van der Waals surface area contributed by atoms with Gasteiger partial charge in [0.1, 0.15) is 0 Å². The predicted molar refractivity (Wildman–Crippen MR) is 85.5 cm³/mol. The molecule has 0 bridgehead atoms. The molecule has 1 N–H and O–H groups in total. The van der Waals surface area contributed by atoms with Crippen LogP contribution in [0.1, 0.15) is 42.0 Å². The van der Waals surface area contributed by atoms with Gasteiger partial charge in [0.05, 0.1) is 24.0 Å². The predicted octanol–water partition coefficient (Wildman–Crippen LogP) is 2.31. The molecule has 1 aromatic heterocycles. The lowest BCUT2D eigenvalue weighted by molar-refractivity contribution is 0.152. The van der Waals surface area contributed by atoms with Gasteiger partial charge in [0.2, 0.25) is 0 Å². The number of hydrogen-bond donors (Lipinski definition) is 1. The average Bonchev–Trinajstić information content (AvgIpc) is 3.16. The van der Waals surface area contributed by atoms with Crippen molar-refractivity contribution in [2.75, 3.05) is 6.54 Å². The summed E-state index contributed by atoms with van der Waals surface area (Å²) in [7, 11) is 0. The Morgan fingerprint density at radius 3 is 2.64 bits per heavy atom. The van der Waals surface area contributed by atoms with Gasteiger partial charge in [0.15, 0.2) is 0 Å². The molecule has 0 amide bonds. The summed E-state index contributed by atoms with van der Waals surface area (Å²) >= 11 is 0.